The quantitative estimate of drug-likeness (QED) is 0.522. The van der Waals surface area contributed by atoms with Crippen molar-refractivity contribution in [3.8, 4) is 5.75 Å². The number of benzene rings is 1. The lowest BCUT2D eigenvalue weighted by molar-refractivity contribution is 0.0527. The summed E-state index contributed by atoms with van der Waals surface area (Å²) in [5.41, 5.74) is 2.69. The van der Waals surface area contributed by atoms with Gasteiger partial charge in [-0.25, -0.2) is 4.79 Å². The highest BCUT2D eigenvalue weighted by Crippen LogP contribution is 2.30. The summed E-state index contributed by atoms with van der Waals surface area (Å²) < 4.78 is 13.2. The smallest absolute Gasteiger partial charge is 0.340 e. The van der Waals surface area contributed by atoms with Crippen molar-refractivity contribution >= 4 is 16.9 Å². The van der Waals surface area contributed by atoms with E-state index in [9.17, 15) is 4.79 Å². The predicted octanol–water partition coefficient (Wildman–Crippen LogP) is 4.72. The summed E-state index contributed by atoms with van der Waals surface area (Å²) in [4.78, 5) is 12.4. The average Bonchev–Trinajstić information content (AvgIpc) is 2.80. The molecule has 0 bridgehead atoms. The molecule has 0 N–H and O–H groups in total. The molecule has 4 heteroatoms. The number of aromatic nitrogens is 1. The molecule has 0 radical (unpaired) electrons. The maximum atomic E-state index is 12.4. The Hall–Kier alpha value is -1.97. The molecule has 0 aliphatic heterocycles. The molecule has 0 fully saturated rings. The zero-order valence-electron chi connectivity index (χ0n) is 14.6. The molecule has 1 heterocycles. The van der Waals surface area contributed by atoms with Gasteiger partial charge in [0.05, 0.1) is 18.8 Å². The first-order valence-corrected chi connectivity index (χ1v) is 8.56. The summed E-state index contributed by atoms with van der Waals surface area (Å²) >= 11 is 0. The second-order valence-electron chi connectivity index (χ2n) is 5.71. The number of hydrogen-bond acceptors (Lipinski definition) is 3. The van der Waals surface area contributed by atoms with Crippen molar-refractivity contribution in [2.75, 3.05) is 13.2 Å². The van der Waals surface area contributed by atoms with E-state index in [0.29, 0.717) is 18.8 Å². The van der Waals surface area contributed by atoms with E-state index in [0.717, 1.165) is 48.2 Å². The minimum absolute atomic E-state index is 0.254. The Morgan fingerprint density at radius 1 is 1.17 bits per heavy atom. The van der Waals surface area contributed by atoms with Gasteiger partial charge in [-0.2, -0.15) is 0 Å². The lowest BCUT2D eigenvalue weighted by atomic mass is 10.1. The Balaban J connectivity index is 2.49. The number of fused-ring (bicyclic) bond motifs is 1. The van der Waals surface area contributed by atoms with Gasteiger partial charge in [-0.05, 0) is 44.9 Å². The van der Waals surface area contributed by atoms with Crippen molar-refractivity contribution in [3.63, 3.8) is 0 Å². The summed E-state index contributed by atoms with van der Waals surface area (Å²) in [5.74, 6) is 0.556. The van der Waals surface area contributed by atoms with Gasteiger partial charge in [0, 0.05) is 23.1 Å². The summed E-state index contributed by atoms with van der Waals surface area (Å²) in [7, 11) is 0. The molecule has 0 saturated carbocycles. The second-order valence-corrected chi connectivity index (χ2v) is 5.71. The Kier molecular flexibility index (Phi) is 6.08. The van der Waals surface area contributed by atoms with Crippen LogP contribution < -0.4 is 4.74 Å². The Labute approximate surface area is 138 Å². The first-order chi connectivity index (χ1) is 11.1. The number of esters is 1. The molecule has 0 saturated heterocycles. The molecule has 0 aliphatic carbocycles. The lowest BCUT2D eigenvalue weighted by Crippen LogP contribution is -2.07. The van der Waals surface area contributed by atoms with Crippen LogP contribution >= 0.6 is 0 Å². The molecule has 4 nitrogen and oxygen atoms in total. The highest BCUT2D eigenvalue weighted by molar-refractivity contribution is 6.06. The van der Waals surface area contributed by atoms with Gasteiger partial charge < -0.3 is 14.0 Å². The van der Waals surface area contributed by atoms with Gasteiger partial charge in [-0.3, -0.25) is 0 Å². The zero-order chi connectivity index (χ0) is 16.8. The molecule has 0 aliphatic rings. The summed E-state index contributed by atoms with van der Waals surface area (Å²) in [6.45, 7) is 10.1. The van der Waals surface area contributed by atoms with Gasteiger partial charge in [0.2, 0.25) is 0 Å². The first kappa shape index (κ1) is 17.4. The van der Waals surface area contributed by atoms with Crippen molar-refractivity contribution in [1.29, 1.82) is 0 Å². The number of nitrogens with zero attached hydrogens (tertiary/aromatic N) is 1. The number of rotatable bonds is 8. The van der Waals surface area contributed by atoms with E-state index in [2.05, 4.69) is 18.4 Å². The largest absolute Gasteiger partial charge is 0.494 e. The van der Waals surface area contributed by atoms with E-state index < -0.39 is 0 Å². The number of carbonyl (C=O) groups excluding carboxylic acids is 1. The topological polar surface area (TPSA) is 40.5 Å². The number of aryl methyl sites for hydroxylation is 1. The van der Waals surface area contributed by atoms with Crippen LogP contribution in [0.15, 0.2) is 18.2 Å². The monoisotopic (exact) mass is 317 g/mol. The number of hydrogen-bond donors (Lipinski definition) is 0. The van der Waals surface area contributed by atoms with Crippen LogP contribution in [0.4, 0.5) is 0 Å². The Morgan fingerprint density at radius 2 is 1.96 bits per heavy atom. The molecular weight excluding hydrogens is 290 g/mol. The third-order valence-electron chi connectivity index (χ3n) is 3.99. The molecule has 0 amide bonds. The highest BCUT2D eigenvalue weighted by atomic mass is 16.5. The normalized spacial score (nSPS) is 11.0. The van der Waals surface area contributed by atoms with E-state index in [1.165, 1.54) is 0 Å². The summed E-state index contributed by atoms with van der Waals surface area (Å²) in [5, 5.41) is 0.920. The minimum atomic E-state index is -0.254. The van der Waals surface area contributed by atoms with Gasteiger partial charge >= 0.3 is 5.97 Å². The number of ether oxygens (including phenoxy) is 2. The van der Waals surface area contributed by atoms with Gasteiger partial charge in [0.1, 0.15) is 5.75 Å². The van der Waals surface area contributed by atoms with Crippen molar-refractivity contribution in [2.24, 2.45) is 0 Å². The minimum Gasteiger partial charge on any atom is -0.494 e. The van der Waals surface area contributed by atoms with Gasteiger partial charge in [0.15, 0.2) is 0 Å². The van der Waals surface area contributed by atoms with Crippen molar-refractivity contribution in [1.82, 2.24) is 4.57 Å². The summed E-state index contributed by atoms with van der Waals surface area (Å²) in [6.07, 6.45) is 3.14. The predicted molar refractivity (Wildman–Crippen MR) is 93.3 cm³/mol. The Morgan fingerprint density at radius 3 is 2.61 bits per heavy atom. The Bertz CT molecular complexity index is 673. The van der Waals surface area contributed by atoms with E-state index in [4.69, 9.17) is 9.47 Å². The van der Waals surface area contributed by atoms with E-state index in [1.807, 2.05) is 32.0 Å². The third kappa shape index (κ3) is 3.69. The molecule has 2 rings (SSSR count). The van der Waals surface area contributed by atoms with Gasteiger partial charge in [0.25, 0.3) is 0 Å². The van der Waals surface area contributed by atoms with Crippen LogP contribution in [0.3, 0.4) is 0 Å². The van der Waals surface area contributed by atoms with E-state index in [-0.39, 0.29) is 5.97 Å². The standard InChI is InChI=1S/C19H27NO3/c1-5-8-12-23-15-9-10-17-16(13-15)18(19(21)22-7-3)14(4)20(17)11-6-2/h9-10,13H,5-8,11-12H2,1-4H3. The van der Waals surface area contributed by atoms with E-state index in [1.54, 1.807) is 0 Å². The molecule has 1 aromatic heterocycles. The van der Waals surface area contributed by atoms with Crippen LogP contribution in [-0.4, -0.2) is 23.8 Å². The van der Waals surface area contributed by atoms with Crippen LogP contribution in [0.25, 0.3) is 10.9 Å². The van der Waals surface area contributed by atoms with Crippen LogP contribution in [0.1, 0.15) is 56.1 Å². The third-order valence-corrected chi connectivity index (χ3v) is 3.99. The summed E-state index contributed by atoms with van der Waals surface area (Å²) in [6, 6.07) is 6.00. The zero-order valence-corrected chi connectivity index (χ0v) is 14.6. The first-order valence-electron chi connectivity index (χ1n) is 8.56. The fourth-order valence-corrected chi connectivity index (χ4v) is 2.86. The number of unbranched alkanes of at least 4 members (excludes halogenated alkanes) is 1. The molecule has 23 heavy (non-hydrogen) atoms. The SMILES string of the molecule is CCCCOc1ccc2c(c1)c(C(=O)OCC)c(C)n2CCC. The van der Waals surface area contributed by atoms with Crippen molar-refractivity contribution in [3.05, 3.63) is 29.5 Å². The van der Waals surface area contributed by atoms with E-state index >= 15 is 0 Å². The lowest BCUT2D eigenvalue weighted by Gasteiger charge is -2.07. The van der Waals surface area contributed by atoms with Gasteiger partial charge in [-0.15, -0.1) is 0 Å². The maximum Gasteiger partial charge on any atom is 0.340 e. The molecular formula is C19H27NO3. The van der Waals surface area contributed by atoms with Gasteiger partial charge in [-0.1, -0.05) is 20.3 Å². The highest BCUT2D eigenvalue weighted by Gasteiger charge is 2.21. The molecule has 0 spiro atoms. The van der Waals surface area contributed by atoms with Crippen LogP contribution in [0, 0.1) is 6.92 Å². The maximum absolute atomic E-state index is 12.4. The van der Waals surface area contributed by atoms with Crippen LogP contribution in [0.5, 0.6) is 5.75 Å². The van der Waals surface area contributed by atoms with Crippen molar-refractivity contribution in [2.45, 2.75) is 53.5 Å². The molecule has 126 valence electrons. The molecule has 2 aromatic rings. The number of carbonyl (C=O) groups is 1. The van der Waals surface area contributed by atoms with Crippen LogP contribution in [0.2, 0.25) is 0 Å². The van der Waals surface area contributed by atoms with Crippen LogP contribution in [-0.2, 0) is 11.3 Å². The average molecular weight is 317 g/mol. The molecule has 0 unspecified atom stereocenters. The fourth-order valence-electron chi connectivity index (χ4n) is 2.86. The van der Waals surface area contributed by atoms with Crippen molar-refractivity contribution < 1.29 is 14.3 Å². The molecule has 1 aromatic carbocycles. The fraction of sp³-hybridized carbons (Fsp3) is 0.526. The molecule has 0 atom stereocenters. The second kappa shape index (κ2) is 8.04.